The Labute approximate surface area is 146 Å². The van der Waals surface area contributed by atoms with E-state index in [4.69, 9.17) is 9.47 Å². The van der Waals surface area contributed by atoms with Gasteiger partial charge in [0.1, 0.15) is 23.4 Å². The van der Waals surface area contributed by atoms with Crippen LogP contribution in [-0.4, -0.2) is 24.2 Å². The maximum atomic E-state index is 9.60. The van der Waals surface area contributed by atoms with Crippen molar-refractivity contribution in [1.82, 2.24) is 9.97 Å². The molecule has 5 nitrogen and oxygen atoms in total. The number of aromatic nitrogens is 2. The summed E-state index contributed by atoms with van der Waals surface area (Å²) in [4.78, 5) is 7.79. The summed E-state index contributed by atoms with van der Waals surface area (Å²) >= 11 is 0. The molecule has 0 aliphatic carbocycles. The van der Waals surface area contributed by atoms with Gasteiger partial charge < -0.3 is 14.5 Å². The number of hydrogen-bond donors (Lipinski definition) is 1. The van der Waals surface area contributed by atoms with Crippen LogP contribution in [0.3, 0.4) is 0 Å². The van der Waals surface area contributed by atoms with Gasteiger partial charge in [-0.05, 0) is 55.3 Å². The molecule has 0 spiro atoms. The van der Waals surface area contributed by atoms with Gasteiger partial charge in [0.2, 0.25) is 0 Å². The van der Waals surface area contributed by atoms with Crippen molar-refractivity contribution in [3.05, 3.63) is 52.8 Å². The normalized spacial score (nSPS) is 11.4. The SMILES string of the molecule is COc1ccc(/C=C(\C#N)c2nc3cc(C)c(C)cc3[nH]2)c(OC)c1. The zero-order valence-corrected chi connectivity index (χ0v) is 14.7. The molecule has 0 fully saturated rings. The second kappa shape index (κ2) is 6.70. The number of fused-ring (bicyclic) bond motifs is 1. The Hall–Kier alpha value is -3.26. The highest BCUT2D eigenvalue weighted by molar-refractivity contribution is 5.91. The van der Waals surface area contributed by atoms with Gasteiger partial charge in [0, 0.05) is 11.6 Å². The maximum Gasteiger partial charge on any atom is 0.149 e. The van der Waals surface area contributed by atoms with Gasteiger partial charge in [0.25, 0.3) is 0 Å². The second-order valence-corrected chi connectivity index (χ2v) is 5.82. The van der Waals surface area contributed by atoms with E-state index in [2.05, 4.69) is 23.0 Å². The highest BCUT2D eigenvalue weighted by atomic mass is 16.5. The van der Waals surface area contributed by atoms with E-state index < -0.39 is 0 Å². The highest BCUT2D eigenvalue weighted by Gasteiger charge is 2.11. The molecule has 0 aliphatic heterocycles. The smallest absolute Gasteiger partial charge is 0.149 e. The summed E-state index contributed by atoms with van der Waals surface area (Å²) in [6.45, 7) is 4.10. The molecule has 5 heteroatoms. The van der Waals surface area contributed by atoms with Gasteiger partial charge >= 0.3 is 0 Å². The number of aromatic amines is 1. The number of benzene rings is 2. The molecule has 1 aromatic heterocycles. The van der Waals surface area contributed by atoms with E-state index in [9.17, 15) is 5.26 Å². The van der Waals surface area contributed by atoms with Crippen LogP contribution >= 0.6 is 0 Å². The molecule has 3 rings (SSSR count). The van der Waals surface area contributed by atoms with Crippen LogP contribution in [0.15, 0.2) is 30.3 Å². The number of nitrogens with zero attached hydrogens (tertiary/aromatic N) is 2. The summed E-state index contributed by atoms with van der Waals surface area (Å²) < 4.78 is 10.6. The molecule has 1 heterocycles. The molecule has 0 radical (unpaired) electrons. The van der Waals surface area contributed by atoms with Crippen LogP contribution in [0.2, 0.25) is 0 Å². The molecule has 0 aliphatic rings. The predicted octanol–water partition coefficient (Wildman–Crippen LogP) is 4.26. The predicted molar refractivity (Wildman–Crippen MR) is 98.6 cm³/mol. The first-order valence-electron chi connectivity index (χ1n) is 7.87. The number of rotatable bonds is 4. The van der Waals surface area contributed by atoms with Gasteiger partial charge in [-0.3, -0.25) is 0 Å². The minimum atomic E-state index is 0.440. The number of H-pyrrole nitrogens is 1. The lowest BCUT2D eigenvalue weighted by atomic mass is 10.1. The Kier molecular flexibility index (Phi) is 4.44. The Balaban J connectivity index is 2.09. The molecule has 0 bridgehead atoms. The molecule has 25 heavy (non-hydrogen) atoms. The number of aryl methyl sites for hydroxylation is 2. The molecular weight excluding hydrogens is 314 g/mol. The van der Waals surface area contributed by atoms with Crippen LogP contribution in [0.25, 0.3) is 22.7 Å². The highest BCUT2D eigenvalue weighted by Crippen LogP contribution is 2.28. The van der Waals surface area contributed by atoms with E-state index in [-0.39, 0.29) is 0 Å². The number of nitrogens with one attached hydrogen (secondary N) is 1. The second-order valence-electron chi connectivity index (χ2n) is 5.82. The van der Waals surface area contributed by atoms with Gasteiger partial charge in [-0.2, -0.15) is 5.26 Å². The minimum Gasteiger partial charge on any atom is -0.497 e. The van der Waals surface area contributed by atoms with Crippen molar-refractivity contribution >= 4 is 22.7 Å². The quantitative estimate of drug-likeness (QED) is 0.724. The third kappa shape index (κ3) is 3.20. The van der Waals surface area contributed by atoms with Gasteiger partial charge in [-0.25, -0.2) is 4.98 Å². The lowest BCUT2D eigenvalue weighted by Gasteiger charge is -2.07. The number of nitriles is 1. The van der Waals surface area contributed by atoms with Crippen LogP contribution in [0, 0.1) is 25.2 Å². The molecule has 0 saturated heterocycles. The summed E-state index contributed by atoms with van der Waals surface area (Å²) in [6.07, 6.45) is 1.76. The first-order chi connectivity index (χ1) is 12.0. The Bertz CT molecular complexity index is 971. The van der Waals surface area contributed by atoms with E-state index in [0.29, 0.717) is 22.9 Å². The zero-order valence-electron chi connectivity index (χ0n) is 14.7. The largest absolute Gasteiger partial charge is 0.497 e. The molecule has 0 unspecified atom stereocenters. The van der Waals surface area contributed by atoms with Crippen molar-refractivity contribution < 1.29 is 9.47 Å². The fourth-order valence-electron chi connectivity index (χ4n) is 2.64. The average Bonchev–Trinajstić information content (AvgIpc) is 3.02. The Morgan fingerprint density at radius 2 is 1.88 bits per heavy atom. The molecule has 0 atom stereocenters. The number of hydrogen-bond acceptors (Lipinski definition) is 4. The van der Waals surface area contributed by atoms with Crippen LogP contribution in [-0.2, 0) is 0 Å². The van der Waals surface area contributed by atoms with Crippen molar-refractivity contribution in [3.63, 3.8) is 0 Å². The topological polar surface area (TPSA) is 70.9 Å². The average molecular weight is 333 g/mol. The lowest BCUT2D eigenvalue weighted by molar-refractivity contribution is 0.394. The Morgan fingerprint density at radius 1 is 1.12 bits per heavy atom. The van der Waals surface area contributed by atoms with Gasteiger partial charge in [-0.1, -0.05) is 0 Å². The molecular formula is C20H19N3O2. The molecule has 2 aromatic carbocycles. The fraction of sp³-hybridized carbons (Fsp3) is 0.200. The van der Waals surface area contributed by atoms with Crippen molar-refractivity contribution in [2.45, 2.75) is 13.8 Å². The maximum absolute atomic E-state index is 9.60. The number of allylic oxidation sites excluding steroid dienone is 1. The summed E-state index contributed by atoms with van der Waals surface area (Å²) in [5.41, 5.74) is 5.34. The van der Waals surface area contributed by atoms with E-state index in [1.54, 1.807) is 26.4 Å². The van der Waals surface area contributed by atoms with Crippen molar-refractivity contribution in [1.29, 1.82) is 5.26 Å². The van der Waals surface area contributed by atoms with Gasteiger partial charge in [0.05, 0.1) is 30.8 Å². The first kappa shape index (κ1) is 16.6. The summed E-state index contributed by atoms with van der Waals surface area (Å²) in [5.74, 6) is 1.87. The standard InChI is InChI=1S/C20H19N3O2/c1-12-7-17-18(8-13(12)2)23-20(22-17)15(11-21)9-14-5-6-16(24-3)10-19(14)25-4/h5-10H,1-4H3,(H,22,23)/b15-9+. The first-order valence-corrected chi connectivity index (χ1v) is 7.87. The van der Waals surface area contributed by atoms with Gasteiger partial charge in [0.15, 0.2) is 0 Å². The van der Waals surface area contributed by atoms with Crippen molar-refractivity contribution in [3.8, 4) is 17.6 Å². The van der Waals surface area contributed by atoms with Crippen molar-refractivity contribution in [2.24, 2.45) is 0 Å². The number of ether oxygens (including phenoxy) is 2. The van der Waals surface area contributed by atoms with Crippen LogP contribution in [0.1, 0.15) is 22.5 Å². The Morgan fingerprint density at radius 3 is 2.56 bits per heavy atom. The van der Waals surface area contributed by atoms with Gasteiger partial charge in [-0.15, -0.1) is 0 Å². The summed E-state index contributed by atoms with van der Waals surface area (Å²) in [7, 11) is 3.19. The van der Waals surface area contributed by atoms with Crippen LogP contribution < -0.4 is 9.47 Å². The lowest BCUT2D eigenvalue weighted by Crippen LogP contribution is -1.91. The molecule has 3 aromatic rings. The van der Waals surface area contributed by atoms with E-state index in [1.807, 2.05) is 31.2 Å². The van der Waals surface area contributed by atoms with E-state index in [1.165, 1.54) is 11.1 Å². The molecule has 1 N–H and O–H groups in total. The third-order valence-corrected chi connectivity index (χ3v) is 4.21. The molecule has 126 valence electrons. The fourth-order valence-corrected chi connectivity index (χ4v) is 2.64. The summed E-state index contributed by atoms with van der Waals surface area (Å²) in [5, 5.41) is 9.60. The summed E-state index contributed by atoms with van der Waals surface area (Å²) in [6, 6.07) is 11.7. The molecule has 0 saturated carbocycles. The minimum absolute atomic E-state index is 0.440. The monoisotopic (exact) mass is 333 g/mol. The van der Waals surface area contributed by atoms with E-state index in [0.717, 1.165) is 16.6 Å². The number of methoxy groups -OCH3 is 2. The van der Waals surface area contributed by atoms with Crippen molar-refractivity contribution in [2.75, 3.05) is 14.2 Å². The number of imidazole rings is 1. The van der Waals surface area contributed by atoms with E-state index >= 15 is 0 Å². The van der Waals surface area contributed by atoms with Crippen LogP contribution in [0.4, 0.5) is 0 Å². The van der Waals surface area contributed by atoms with Crippen LogP contribution in [0.5, 0.6) is 11.5 Å². The third-order valence-electron chi connectivity index (χ3n) is 4.21. The zero-order chi connectivity index (χ0) is 18.0. The molecule has 0 amide bonds.